The highest BCUT2D eigenvalue weighted by Gasteiger charge is 2.27. The number of benzene rings is 3. The molecule has 1 amide bonds. The van der Waals surface area contributed by atoms with Gasteiger partial charge in [0.05, 0.1) is 16.9 Å². The lowest BCUT2D eigenvalue weighted by molar-refractivity contribution is 0.0864. The molecule has 2 heterocycles. The van der Waals surface area contributed by atoms with Gasteiger partial charge in [-0.3, -0.25) is 9.69 Å². The van der Waals surface area contributed by atoms with Gasteiger partial charge in [-0.15, -0.1) is 0 Å². The van der Waals surface area contributed by atoms with Crippen LogP contribution >= 0.6 is 0 Å². The lowest BCUT2D eigenvalue weighted by Gasteiger charge is -2.22. The zero-order valence-electron chi connectivity index (χ0n) is 19.5. The van der Waals surface area contributed by atoms with Crippen molar-refractivity contribution in [3.05, 3.63) is 133 Å². The van der Waals surface area contributed by atoms with E-state index in [0.29, 0.717) is 11.3 Å². The summed E-state index contributed by atoms with van der Waals surface area (Å²) in [6.07, 6.45) is 11.4. The van der Waals surface area contributed by atoms with Crippen LogP contribution in [0.5, 0.6) is 0 Å². The molecule has 0 bridgehead atoms. The molecule has 0 aliphatic carbocycles. The number of hydrogen-bond acceptors (Lipinski definition) is 3. The molecule has 0 fully saturated rings. The number of hydrogen-bond donors (Lipinski definition) is 0. The van der Waals surface area contributed by atoms with E-state index in [4.69, 9.17) is 5.10 Å². The summed E-state index contributed by atoms with van der Waals surface area (Å²) < 4.78 is 1.85. The van der Waals surface area contributed by atoms with E-state index >= 15 is 0 Å². The summed E-state index contributed by atoms with van der Waals surface area (Å²) in [5.74, 6) is -0.137. The predicted molar refractivity (Wildman–Crippen MR) is 141 cm³/mol. The fraction of sp³-hybridized carbons (Fsp3) is 0.0667. The van der Waals surface area contributed by atoms with Gasteiger partial charge in [-0.2, -0.15) is 5.10 Å². The first-order valence-corrected chi connectivity index (χ1v) is 11.7. The van der Waals surface area contributed by atoms with Gasteiger partial charge in [0.25, 0.3) is 5.91 Å². The van der Waals surface area contributed by atoms with E-state index in [1.807, 2.05) is 125 Å². The average Bonchev–Trinajstić information content (AvgIpc) is 3.32. The smallest absolute Gasteiger partial charge is 0.266 e. The van der Waals surface area contributed by atoms with Gasteiger partial charge in [0.2, 0.25) is 0 Å². The molecule has 0 radical (unpaired) electrons. The molecule has 1 aliphatic heterocycles. The monoisotopic (exact) mass is 458 g/mol. The molecule has 0 saturated heterocycles. The Morgan fingerprint density at radius 3 is 2.00 bits per heavy atom. The van der Waals surface area contributed by atoms with Crippen LogP contribution in [-0.2, 0) is 0 Å². The highest BCUT2D eigenvalue weighted by Crippen LogP contribution is 2.31. The Hall–Kier alpha value is -4.64. The highest BCUT2D eigenvalue weighted by atomic mass is 16.2. The lowest BCUT2D eigenvalue weighted by Crippen LogP contribution is -2.26. The normalized spacial score (nSPS) is 13.1. The minimum Gasteiger partial charge on any atom is -0.352 e. The number of nitrogens with zero attached hydrogens (tertiary/aromatic N) is 4. The zero-order chi connectivity index (χ0) is 24.0. The maximum absolute atomic E-state index is 14.0. The molecule has 172 valence electrons. The van der Waals surface area contributed by atoms with Crippen LogP contribution < -0.4 is 0 Å². The second-order valence-corrected chi connectivity index (χ2v) is 8.11. The fourth-order valence-electron chi connectivity index (χ4n) is 3.99. The second-order valence-electron chi connectivity index (χ2n) is 8.11. The van der Waals surface area contributed by atoms with Gasteiger partial charge < -0.3 is 4.90 Å². The van der Waals surface area contributed by atoms with E-state index in [2.05, 4.69) is 6.92 Å². The summed E-state index contributed by atoms with van der Waals surface area (Å²) in [5, 5.41) is 4.97. The van der Waals surface area contributed by atoms with Crippen LogP contribution in [0.2, 0.25) is 0 Å². The predicted octanol–water partition coefficient (Wildman–Crippen LogP) is 6.43. The number of aromatic nitrogens is 2. The first-order chi connectivity index (χ1) is 17.2. The van der Waals surface area contributed by atoms with Crippen molar-refractivity contribution in [3.8, 4) is 16.9 Å². The van der Waals surface area contributed by atoms with Crippen LogP contribution in [0.1, 0.15) is 28.5 Å². The first-order valence-electron chi connectivity index (χ1n) is 11.7. The van der Waals surface area contributed by atoms with Crippen LogP contribution in [0.25, 0.3) is 29.1 Å². The SMILES string of the molecule is CCN1C=CN(C(=O)c2c(-c3ccccc3)nn(-c3ccccc3)c2/C=C/c2ccccc2)C=C1. The number of carbonyl (C=O) groups excluding carboxylic acids is 1. The Balaban J connectivity index is 1.70. The summed E-state index contributed by atoms with van der Waals surface area (Å²) in [4.78, 5) is 17.6. The lowest BCUT2D eigenvalue weighted by atomic mass is 10.0. The minimum atomic E-state index is -0.137. The van der Waals surface area contributed by atoms with Crippen LogP contribution in [0.4, 0.5) is 0 Å². The van der Waals surface area contributed by atoms with E-state index in [0.717, 1.165) is 29.1 Å². The van der Waals surface area contributed by atoms with Gasteiger partial charge in [-0.25, -0.2) is 4.68 Å². The Morgan fingerprint density at radius 1 is 0.771 bits per heavy atom. The third kappa shape index (κ3) is 4.70. The van der Waals surface area contributed by atoms with E-state index in [-0.39, 0.29) is 5.91 Å². The van der Waals surface area contributed by atoms with E-state index in [1.165, 1.54) is 0 Å². The summed E-state index contributed by atoms with van der Waals surface area (Å²) in [6, 6.07) is 29.8. The molecule has 0 N–H and O–H groups in total. The average molecular weight is 459 g/mol. The molecule has 5 nitrogen and oxygen atoms in total. The van der Waals surface area contributed by atoms with Crippen molar-refractivity contribution in [1.29, 1.82) is 0 Å². The molecular formula is C30H26N4O. The molecule has 4 aromatic rings. The van der Waals surface area contributed by atoms with Gasteiger partial charge in [0.1, 0.15) is 5.69 Å². The van der Waals surface area contributed by atoms with Gasteiger partial charge in [0, 0.05) is 36.9 Å². The molecule has 0 unspecified atom stereocenters. The van der Waals surface area contributed by atoms with Crippen molar-refractivity contribution in [1.82, 2.24) is 19.6 Å². The number of para-hydroxylation sites is 1. The van der Waals surface area contributed by atoms with Crippen molar-refractivity contribution >= 4 is 18.1 Å². The van der Waals surface area contributed by atoms with Gasteiger partial charge in [-0.05, 0) is 30.7 Å². The number of amides is 1. The first kappa shape index (κ1) is 22.2. The summed E-state index contributed by atoms with van der Waals surface area (Å²) in [5.41, 5.74) is 4.74. The Morgan fingerprint density at radius 2 is 1.37 bits per heavy atom. The molecule has 0 atom stereocenters. The third-order valence-electron chi connectivity index (χ3n) is 5.85. The van der Waals surface area contributed by atoms with Gasteiger partial charge in [-0.1, -0.05) is 84.9 Å². The topological polar surface area (TPSA) is 41.4 Å². The highest BCUT2D eigenvalue weighted by molar-refractivity contribution is 6.04. The van der Waals surface area contributed by atoms with Crippen molar-refractivity contribution in [2.24, 2.45) is 0 Å². The summed E-state index contributed by atoms with van der Waals surface area (Å²) in [6.45, 7) is 2.90. The quantitative estimate of drug-likeness (QED) is 0.334. The van der Waals surface area contributed by atoms with Crippen LogP contribution in [0.15, 0.2) is 116 Å². The summed E-state index contributed by atoms with van der Waals surface area (Å²) in [7, 11) is 0. The van der Waals surface area contributed by atoms with E-state index in [9.17, 15) is 4.79 Å². The van der Waals surface area contributed by atoms with Crippen LogP contribution in [-0.4, -0.2) is 32.0 Å². The van der Waals surface area contributed by atoms with Crippen LogP contribution in [0, 0.1) is 0 Å². The largest absolute Gasteiger partial charge is 0.352 e. The molecule has 5 rings (SSSR count). The standard InChI is InChI=1S/C30H26N4O/c1-2-32-20-22-33(23-21-32)30(35)28-27(19-18-24-12-6-3-7-13-24)34(26-16-10-5-11-17-26)31-29(28)25-14-8-4-9-15-25/h3-23H,2H2,1H3/b19-18+. The maximum atomic E-state index is 14.0. The maximum Gasteiger partial charge on any atom is 0.266 e. The molecule has 5 heteroatoms. The van der Waals surface area contributed by atoms with Crippen molar-refractivity contribution in [3.63, 3.8) is 0 Å². The zero-order valence-corrected chi connectivity index (χ0v) is 19.5. The third-order valence-corrected chi connectivity index (χ3v) is 5.85. The Kier molecular flexibility index (Phi) is 6.39. The molecular weight excluding hydrogens is 432 g/mol. The number of carbonyl (C=O) groups is 1. The van der Waals surface area contributed by atoms with Crippen molar-refractivity contribution in [2.75, 3.05) is 6.54 Å². The molecule has 35 heavy (non-hydrogen) atoms. The molecule has 0 spiro atoms. The van der Waals surface area contributed by atoms with Gasteiger partial charge in [0.15, 0.2) is 0 Å². The summed E-state index contributed by atoms with van der Waals surface area (Å²) >= 11 is 0. The van der Waals surface area contributed by atoms with Gasteiger partial charge >= 0.3 is 0 Å². The second kappa shape index (κ2) is 10.1. The van der Waals surface area contributed by atoms with Crippen LogP contribution in [0.3, 0.4) is 0 Å². The van der Waals surface area contributed by atoms with E-state index < -0.39 is 0 Å². The van der Waals surface area contributed by atoms with Crippen molar-refractivity contribution < 1.29 is 4.79 Å². The minimum absolute atomic E-state index is 0.137. The molecule has 3 aromatic carbocycles. The van der Waals surface area contributed by atoms with Crippen molar-refractivity contribution in [2.45, 2.75) is 6.92 Å². The molecule has 1 aliphatic rings. The molecule has 0 saturated carbocycles. The Bertz CT molecular complexity index is 1370. The van der Waals surface area contributed by atoms with E-state index in [1.54, 1.807) is 17.3 Å². The number of rotatable bonds is 6. The fourth-order valence-corrected chi connectivity index (χ4v) is 3.99. The molecule has 1 aromatic heterocycles. The Labute approximate surface area is 205 Å².